The molecule has 1 N–H and O–H groups in total. The third-order valence-corrected chi connectivity index (χ3v) is 3.12. The molecule has 0 atom stereocenters. The molecule has 0 aliphatic carbocycles. The number of ether oxygens (including phenoxy) is 1. The summed E-state index contributed by atoms with van der Waals surface area (Å²) in [5.41, 5.74) is 1.86. The number of nitrogens with one attached hydrogen (secondary N) is 1. The van der Waals surface area contributed by atoms with E-state index in [0.717, 1.165) is 23.4 Å². The number of carbonyl (C=O) groups excluding carboxylic acids is 2. The molecule has 2 rings (SSSR count). The predicted octanol–water partition coefficient (Wildman–Crippen LogP) is 1.11. The number of anilines is 1. The van der Waals surface area contributed by atoms with Crippen molar-refractivity contribution in [3.63, 3.8) is 0 Å². The lowest BCUT2D eigenvalue weighted by atomic mass is 10.1. The van der Waals surface area contributed by atoms with E-state index in [0.29, 0.717) is 19.6 Å². The topological polar surface area (TPSA) is 58.6 Å². The molecule has 2 amide bonds. The average molecular weight is 262 g/mol. The van der Waals surface area contributed by atoms with Gasteiger partial charge >= 0.3 is 0 Å². The quantitative estimate of drug-likeness (QED) is 0.887. The Labute approximate surface area is 112 Å². The van der Waals surface area contributed by atoms with Crippen LogP contribution in [0.5, 0.6) is 5.75 Å². The maximum Gasteiger partial charge on any atom is 0.230 e. The van der Waals surface area contributed by atoms with Gasteiger partial charge in [-0.2, -0.15) is 0 Å². The van der Waals surface area contributed by atoms with Gasteiger partial charge in [-0.3, -0.25) is 9.59 Å². The van der Waals surface area contributed by atoms with E-state index in [1.807, 2.05) is 18.2 Å². The number of rotatable bonds is 3. The molecule has 1 aromatic rings. The summed E-state index contributed by atoms with van der Waals surface area (Å²) in [7, 11) is 1.76. The lowest BCUT2D eigenvalue weighted by molar-refractivity contribution is -0.119. The fourth-order valence-corrected chi connectivity index (χ4v) is 2.04. The summed E-state index contributed by atoms with van der Waals surface area (Å²) in [4.78, 5) is 24.2. The van der Waals surface area contributed by atoms with Crippen molar-refractivity contribution in [2.24, 2.45) is 0 Å². The molecule has 0 unspecified atom stereocenters. The van der Waals surface area contributed by atoms with E-state index in [2.05, 4.69) is 5.32 Å². The maximum atomic E-state index is 11.8. The second kappa shape index (κ2) is 5.73. The van der Waals surface area contributed by atoms with Crippen molar-refractivity contribution in [3.8, 4) is 5.75 Å². The average Bonchev–Trinajstić information content (AvgIpc) is 2.50. The Morgan fingerprint density at radius 1 is 1.47 bits per heavy atom. The van der Waals surface area contributed by atoms with E-state index in [1.54, 1.807) is 11.9 Å². The molecule has 19 heavy (non-hydrogen) atoms. The molecule has 0 aromatic heterocycles. The number of amides is 2. The van der Waals surface area contributed by atoms with Crippen molar-refractivity contribution >= 4 is 17.5 Å². The summed E-state index contributed by atoms with van der Waals surface area (Å²) in [6.07, 6.45) is 1.13. The molecule has 0 saturated heterocycles. The summed E-state index contributed by atoms with van der Waals surface area (Å²) in [5.74, 6) is 0.750. The minimum absolute atomic E-state index is 0.0367. The van der Waals surface area contributed by atoms with Gasteiger partial charge in [-0.1, -0.05) is 6.07 Å². The smallest absolute Gasteiger partial charge is 0.230 e. The zero-order chi connectivity index (χ0) is 13.8. The Balaban J connectivity index is 2.14. The molecule has 0 fully saturated rings. The van der Waals surface area contributed by atoms with E-state index >= 15 is 0 Å². The normalized spacial score (nSPS) is 14.4. The van der Waals surface area contributed by atoms with Gasteiger partial charge in [0.1, 0.15) is 5.75 Å². The first kappa shape index (κ1) is 13.4. The Kier molecular flexibility index (Phi) is 4.04. The molecular weight excluding hydrogens is 244 g/mol. The first-order valence-corrected chi connectivity index (χ1v) is 6.34. The summed E-state index contributed by atoms with van der Waals surface area (Å²) in [5, 5.41) is 2.76. The van der Waals surface area contributed by atoms with Crippen LogP contribution in [0, 0.1) is 0 Å². The molecule has 1 aliphatic rings. The standard InChI is InChI=1S/C14H18N2O3/c1-10(17)15-7-5-11-3-4-13-12(9-11)16(2)14(18)6-8-19-13/h3-4,9H,5-8H2,1-2H3,(H,15,17). The van der Waals surface area contributed by atoms with E-state index in [9.17, 15) is 9.59 Å². The van der Waals surface area contributed by atoms with E-state index in [-0.39, 0.29) is 11.8 Å². The van der Waals surface area contributed by atoms with Gasteiger partial charge in [-0.25, -0.2) is 0 Å². The van der Waals surface area contributed by atoms with Gasteiger partial charge in [0.2, 0.25) is 11.8 Å². The summed E-state index contributed by atoms with van der Waals surface area (Å²) in [6.45, 7) is 2.51. The molecule has 0 spiro atoms. The van der Waals surface area contributed by atoms with Gasteiger partial charge in [0, 0.05) is 20.5 Å². The van der Waals surface area contributed by atoms with Crippen molar-refractivity contribution in [2.45, 2.75) is 19.8 Å². The van der Waals surface area contributed by atoms with Gasteiger partial charge < -0.3 is 15.0 Å². The van der Waals surface area contributed by atoms with E-state index < -0.39 is 0 Å². The highest BCUT2D eigenvalue weighted by molar-refractivity contribution is 5.95. The van der Waals surface area contributed by atoms with Gasteiger partial charge in [0.15, 0.2) is 0 Å². The second-order valence-electron chi connectivity index (χ2n) is 4.59. The zero-order valence-corrected chi connectivity index (χ0v) is 11.2. The van der Waals surface area contributed by atoms with Crippen molar-refractivity contribution in [1.82, 2.24) is 5.32 Å². The molecule has 0 bridgehead atoms. The number of benzene rings is 1. The van der Waals surface area contributed by atoms with Crippen molar-refractivity contribution in [1.29, 1.82) is 0 Å². The SMILES string of the molecule is CC(=O)NCCc1ccc2c(c1)N(C)C(=O)CCO2. The molecule has 5 nitrogen and oxygen atoms in total. The number of fused-ring (bicyclic) bond motifs is 1. The lowest BCUT2D eigenvalue weighted by Crippen LogP contribution is -2.25. The van der Waals surface area contributed by atoms with Crippen molar-refractivity contribution in [3.05, 3.63) is 23.8 Å². The molecule has 1 aromatic carbocycles. The largest absolute Gasteiger partial charge is 0.491 e. The van der Waals surface area contributed by atoms with Crippen LogP contribution < -0.4 is 15.0 Å². The van der Waals surface area contributed by atoms with Crippen LogP contribution in [0.3, 0.4) is 0 Å². The summed E-state index contributed by atoms with van der Waals surface area (Å²) < 4.78 is 5.55. The van der Waals surface area contributed by atoms with E-state index in [4.69, 9.17) is 4.74 Å². The molecule has 0 radical (unpaired) electrons. The highest BCUT2D eigenvalue weighted by Gasteiger charge is 2.19. The number of nitrogens with zero attached hydrogens (tertiary/aromatic N) is 1. The highest BCUT2D eigenvalue weighted by Crippen LogP contribution is 2.31. The van der Waals surface area contributed by atoms with Crippen LogP contribution in [0.25, 0.3) is 0 Å². The first-order valence-electron chi connectivity index (χ1n) is 6.34. The molecule has 5 heteroatoms. The maximum absolute atomic E-state index is 11.8. The number of hydrogen-bond donors (Lipinski definition) is 1. The fourth-order valence-electron chi connectivity index (χ4n) is 2.04. The van der Waals surface area contributed by atoms with Gasteiger partial charge in [-0.05, 0) is 24.1 Å². The first-order chi connectivity index (χ1) is 9.08. The van der Waals surface area contributed by atoms with Crippen LogP contribution in [0.1, 0.15) is 18.9 Å². The van der Waals surface area contributed by atoms with E-state index in [1.165, 1.54) is 6.92 Å². The third-order valence-electron chi connectivity index (χ3n) is 3.12. The molecule has 0 saturated carbocycles. The Hall–Kier alpha value is -2.04. The van der Waals surface area contributed by atoms with Crippen molar-refractivity contribution in [2.75, 3.05) is 25.1 Å². The van der Waals surface area contributed by atoms with Crippen LogP contribution >= 0.6 is 0 Å². The van der Waals surface area contributed by atoms with Crippen molar-refractivity contribution < 1.29 is 14.3 Å². The van der Waals surface area contributed by atoms with Crippen LogP contribution in [-0.4, -0.2) is 32.0 Å². The Morgan fingerprint density at radius 2 is 2.26 bits per heavy atom. The molecule has 1 aliphatic heterocycles. The predicted molar refractivity (Wildman–Crippen MR) is 72.4 cm³/mol. The lowest BCUT2D eigenvalue weighted by Gasteiger charge is -2.17. The second-order valence-corrected chi connectivity index (χ2v) is 4.59. The third kappa shape index (κ3) is 3.24. The van der Waals surface area contributed by atoms with Crippen LogP contribution in [0.4, 0.5) is 5.69 Å². The van der Waals surface area contributed by atoms with Gasteiger partial charge in [-0.15, -0.1) is 0 Å². The molecule has 102 valence electrons. The molecule has 1 heterocycles. The summed E-state index contributed by atoms with van der Waals surface area (Å²) >= 11 is 0. The van der Waals surface area contributed by atoms with Gasteiger partial charge in [0.25, 0.3) is 0 Å². The number of carbonyl (C=O) groups is 2. The van der Waals surface area contributed by atoms with Crippen LogP contribution in [0.15, 0.2) is 18.2 Å². The zero-order valence-electron chi connectivity index (χ0n) is 11.2. The molecular formula is C14H18N2O3. The van der Waals surface area contributed by atoms with Crippen LogP contribution in [-0.2, 0) is 16.0 Å². The Bertz CT molecular complexity index is 499. The van der Waals surface area contributed by atoms with Crippen LogP contribution in [0.2, 0.25) is 0 Å². The fraction of sp³-hybridized carbons (Fsp3) is 0.429. The Morgan fingerprint density at radius 3 is 3.00 bits per heavy atom. The summed E-state index contributed by atoms with van der Waals surface area (Å²) in [6, 6.07) is 5.79. The minimum Gasteiger partial charge on any atom is -0.491 e. The highest BCUT2D eigenvalue weighted by atomic mass is 16.5. The van der Waals surface area contributed by atoms with Gasteiger partial charge in [0.05, 0.1) is 18.7 Å². The minimum atomic E-state index is -0.0367. The monoisotopic (exact) mass is 262 g/mol. The number of hydrogen-bond acceptors (Lipinski definition) is 3.